The Morgan fingerprint density at radius 1 is 1.17 bits per heavy atom. The summed E-state index contributed by atoms with van der Waals surface area (Å²) in [5.74, 6) is -1.30. The monoisotopic (exact) mass is 643 g/mol. The van der Waals surface area contributed by atoms with E-state index in [-0.39, 0.29) is 44.3 Å². The average molecular weight is 644 g/mol. The van der Waals surface area contributed by atoms with Crippen LogP contribution in [0.4, 0.5) is 4.39 Å². The highest BCUT2D eigenvalue weighted by atomic mass is 19.1. The Bertz CT molecular complexity index is 1780. The first-order valence-corrected chi connectivity index (χ1v) is 16.7. The summed E-state index contributed by atoms with van der Waals surface area (Å²) in [6, 6.07) is 12.3. The normalized spacial score (nSPS) is 29.2. The minimum atomic E-state index is -1.14. The van der Waals surface area contributed by atoms with Crippen molar-refractivity contribution < 1.29 is 31.1 Å². The van der Waals surface area contributed by atoms with E-state index in [1.165, 1.54) is 12.1 Å². The molecule has 2 aliphatic carbocycles. The van der Waals surface area contributed by atoms with E-state index in [2.05, 4.69) is 35.9 Å². The molecule has 2 saturated carbocycles. The molecule has 6 rings (SSSR count). The second kappa shape index (κ2) is 13.7. The number of hydrogen-bond acceptors (Lipinski definition) is 6. The lowest BCUT2D eigenvalue weighted by molar-refractivity contribution is -0.140. The summed E-state index contributed by atoms with van der Waals surface area (Å²) in [6.45, 7) is 8.08. The Balaban J connectivity index is 0.00000270. The van der Waals surface area contributed by atoms with Crippen molar-refractivity contribution in [2.75, 3.05) is 0 Å². The zero-order chi connectivity index (χ0) is 33.1. The number of hydrogen-bond donors (Lipinski definition) is 2. The maximum Gasteiger partial charge on any atom is 0.294 e. The van der Waals surface area contributed by atoms with Gasteiger partial charge in [-0.3, -0.25) is 14.4 Å². The SMILES string of the molecule is C=C=C1C2C[C@H](Oc3nc4cc(F)ccc4c4ccccc34)CC2C(=O)NC2(C(=O)NC(C)OC=O)C[C@H]2/C=C\CCCCC[C@@H]1C.[HH].[HH]. The van der Waals surface area contributed by atoms with Gasteiger partial charge in [0, 0.05) is 37.4 Å². The highest BCUT2D eigenvalue weighted by molar-refractivity contribution is 6.07. The van der Waals surface area contributed by atoms with Crippen LogP contribution < -0.4 is 15.4 Å². The van der Waals surface area contributed by atoms with Gasteiger partial charge < -0.3 is 20.1 Å². The third-order valence-electron chi connectivity index (χ3n) is 10.1. The van der Waals surface area contributed by atoms with E-state index in [0.717, 1.165) is 53.8 Å². The predicted molar refractivity (Wildman–Crippen MR) is 182 cm³/mol. The van der Waals surface area contributed by atoms with Gasteiger partial charge in [0.25, 0.3) is 6.47 Å². The Morgan fingerprint density at radius 2 is 1.96 bits per heavy atom. The molecule has 0 bridgehead atoms. The fourth-order valence-corrected chi connectivity index (χ4v) is 7.57. The van der Waals surface area contributed by atoms with Gasteiger partial charge in [-0.1, -0.05) is 56.7 Å². The molecule has 0 saturated heterocycles. The molecule has 2 aromatic carbocycles. The third kappa shape index (κ3) is 6.68. The minimum absolute atomic E-state index is 0. The Labute approximate surface area is 277 Å². The fraction of sp³-hybridized carbons (Fsp3) is 0.447. The topological polar surface area (TPSA) is 107 Å². The number of rotatable bonds is 6. The van der Waals surface area contributed by atoms with Crippen molar-refractivity contribution in [1.29, 1.82) is 0 Å². The lowest BCUT2D eigenvalue weighted by Gasteiger charge is -2.27. The first-order valence-electron chi connectivity index (χ1n) is 16.7. The molecule has 2 N–H and O–H groups in total. The molecule has 3 aliphatic rings. The number of nitrogens with zero attached hydrogens (tertiary/aromatic N) is 1. The van der Waals surface area contributed by atoms with Crippen LogP contribution in [-0.4, -0.2) is 41.1 Å². The van der Waals surface area contributed by atoms with Crippen molar-refractivity contribution in [2.24, 2.45) is 23.7 Å². The van der Waals surface area contributed by atoms with E-state index in [1.807, 2.05) is 30.3 Å². The molecule has 0 spiro atoms. The van der Waals surface area contributed by atoms with E-state index in [1.54, 1.807) is 13.0 Å². The van der Waals surface area contributed by atoms with E-state index >= 15 is 0 Å². The summed E-state index contributed by atoms with van der Waals surface area (Å²) in [5.41, 5.74) is 3.57. The van der Waals surface area contributed by atoms with Gasteiger partial charge in [-0.05, 0) is 80.5 Å². The van der Waals surface area contributed by atoms with E-state index < -0.39 is 17.7 Å². The van der Waals surface area contributed by atoms with Crippen LogP contribution in [0.1, 0.15) is 68.1 Å². The summed E-state index contributed by atoms with van der Waals surface area (Å²) < 4.78 is 25.8. The number of nitrogens with one attached hydrogen (secondary N) is 2. The second-order valence-electron chi connectivity index (χ2n) is 13.3. The molecule has 250 valence electrons. The van der Waals surface area contributed by atoms with Gasteiger partial charge in [0.1, 0.15) is 17.5 Å². The zero-order valence-electron chi connectivity index (χ0n) is 27.0. The molecular formula is C38H46FN3O5. The molecule has 2 fully saturated rings. The number of carbonyl (C=O) groups excluding carboxylic acids is 3. The number of amides is 2. The molecule has 47 heavy (non-hydrogen) atoms. The van der Waals surface area contributed by atoms with Gasteiger partial charge in [0.2, 0.25) is 17.7 Å². The van der Waals surface area contributed by atoms with E-state index in [0.29, 0.717) is 37.1 Å². The highest BCUT2D eigenvalue weighted by Gasteiger charge is 2.61. The molecule has 8 nitrogen and oxygen atoms in total. The van der Waals surface area contributed by atoms with Gasteiger partial charge in [0.15, 0.2) is 6.23 Å². The second-order valence-corrected chi connectivity index (χ2v) is 13.3. The van der Waals surface area contributed by atoms with Gasteiger partial charge in [-0.25, -0.2) is 9.37 Å². The van der Waals surface area contributed by atoms with E-state index in [9.17, 15) is 18.8 Å². The quantitative estimate of drug-likeness (QED) is 0.0970. The number of carbonyl (C=O) groups is 3. The summed E-state index contributed by atoms with van der Waals surface area (Å²) in [4.78, 5) is 43.5. The number of allylic oxidation sites excluding steroid dienone is 2. The lowest BCUT2D eigenvalue weighted by atomic mass is 9.80. The van der Waals surface area contributed by atoms with Crippen LogP contribution in [0.25, 0.3) is 21.7 Å². The van der Waals surface area contributed by atoms with Crippen molar-refractivity contribution in [3.05, 3.63) is 78.3 Å². The molecule has 1 aliphatic heterocycles. The standard InChI is InChI=1S/C38H42FN3O5.2H2/c1-4-28-23(2)12-8-6-5-7-9-13-25-21-38(25,37(45)40-24(3)46-22-43)42-35(44)33-20-27(19-32(28)33)47-36-31-15-11-10-14-29(31)30-17-16-26(39)18-34(30)41-36;;/h9-11,13-18,22-25,27,32-33H,1,5-8,12,19-21H2,2-3H3,(H,40,45)(H,42,44);2*1H/b13-9-;;/t23-,24?,25+,27-,32?,33?,38?;;/m0../s1. The van der Waals surface area contributed by atoms with Crippen LogP contribution in [0.2, 0.25) is 0 Å². The molecule has 2 amide bonds. The number of pyridine rings is 1. The van der Waals surface area contributed by atoms with Gasteiger partial charge in [-0.2, -0.15) is 0 Å². The first kappa shape index (κ1) is 32.5. The van der Waals surface area contributed by atoms with Crippen molar-refractivity contribution in [2.45, 2.75) is 83.1 Å². The maximum absolute atomic E-state index is 14.3. The van der Waals surface area contributed by atoms with Crippen LogP contribution in [0, 0.1) is 29.5 Å². The number of fused-ring (bicyclic) bond motifs is 5. The van der Waals surface area contributed by atoms with Crippen LogP contribution in [-0.2, 0) is 19.1 Å². The molecule has 4 unspecified atom stereocenters. The minimum Gasteiger partial charge on any atom is -0.474 e. The smallest absolute Gasteiger partial charge is 0.294 e. The number of halogens is 1. The molecule has 2 heterocycles. The van der Waals surface area contributed by atoms with Crippen LogP contribution in [0.15, 0.2) is 72.5 Å². The molecule has 1 aromatic heterocycles. The fourth-order valence-electron chi connectivity index (χ4n) is 7.57. The molecule has 9 heteroatoms. The van der Waals surface area contributed by atoms with Crippen molar-refractivity contribution in [3.8, 4) is 5.88 Å². The molecule has 7 atom stereocenters. The van der Waals surface area contributed by atoms with Crippen molar-refractivity contribution in [1.82, 2.24) is 15.6 Å². The van der Waals surface area contributed by atoms with Crippen molar-refractivity contribution in [3.63, 3.8) is 0 Å². The third-order valence-corrected chi connectivity index (χ3v) is 10.1. The van der Waals surface area contributed by atoms with Crippen LogP contribution in [0.5, 0.6) is 5.88 Å². The maximum atomic E-state index is 14.3. The zero-order valence-corrected chi connectivity index (χ0v) is 27.0. The number of aromatic nitrogens is 1. The van der Waals surface area contributed by atoms with Crippen LogP contribution >= 0.6 is 0 Å². The summed E-state index contributed by atoms with van der Waals surface area (Å²) in [5, 5.41) is 8.43. The summed E-state index contributed by atoms with van der Waals surface area (Å²) in [7, 11) is 0. The van der Waals surface area contributed by atoms with Gasteiger partial charge >= 0.3 is 0 Å². The average Bonchev–Trinajstić information content (AvgIpc) is 3.59. The molecule has 3 aromatic rings. The summed E-state index contributed by atoms with van der Waals surface area (Å²) >= 11 is 0. The first-order chi connectivity index (χ1) is 22.7. The van der Waals surface area contributed by atoms with E-state index in [4.69, 9.17) is 14.5 Å². The Kier molecular flexibility index (Phi) is 9.46. The molecular weight excluding hydrogens is 597 g/mol. The largest absolute Gasteiger partial charge is 0.474 e. The Morgan fingerprint density at radius 3 is 2.74 bits per heavy atom. The lowest BCUT2D eigenvalue weighted by Crippen LogP contribution is -2.54. The molecule has 0 radical (unpaired) electrons. The van der Waals surface area contributed by atoms with Gasteiger partial charge in [-0.15, -0.1) is 5.73 Å². The Hall–Kier alpha value is -4.49. The van der Waals surface area contributed by atoms with Crippen molar-refractivity contribution >= 4 is 40.0 Å². The van der Waals surface area contributed by atoms with Crippen LogP contribution in [0.3, 0.4) is 0 Å². The highest BCUT2D eigenvalue weighted by Crippen LogP contribution is 2.48. The number of ether oxygens (including phenoxy) is 2. The predicted octanol–water partition coefficient (Wildman–Crippen LogP) is 7.17. The summed E-state index contributed by atoms with van der Waals surface area (Å²) in [6.07, 6.45) is 9.36. The van der Waals surface area contributed by atoms with Gasteiger partial charge in [0.05, 0.1) is 5.52 Å². The number of benzene rings is 2.